The molecule has 0 spiro atoms. The lowest BCUT2D eigenvalue weighted by molar-refractivity contribution is -0.124. The number of nitrogens with zero attached hydrogens (tertiary/aromatic N) is 1. The largest absolute Gasteiger partial charge is 0.420 e. The van der Waals surface area contributed by atoms with E-state index < -0.39 is 0 Å². The highest BCUT2D eigenvalue weighted by atomic mass is 16.4. The minimum Gasteiger partial charge on any atom is -0.408 e. The van der Waals surface area contributed by atoms with E-state index in [0.717, 1.165) is 11.9 Å². The van der Waals surface area contributed by atoms with Crippen molar-refractivity contribution in [1.82, 2.24) is 9.88 Å². The minimum absolute atomic E-state index is 0.00213. The lowest BCUT2D eigenvalue weighted by Gasteiger charge is -2.18. The Hall–Kier alpha value is -2.04. The van der Waals surface area contributed by atoms with Crippen LogP contribution in [0.15, 0.2) is 33.5 Å². The van der Waals surface area contributed by atoms with Gasteiger partial charge in [0, 0.05) is 18.5 Å². The third-order valence-corrected chi connectivity index (χ3v) is 3.34. The normalized spacial score (nSPS) is 12.8. The van der Waals surface area contributed by atoms with Crippen LogP contribution >= 0.6 is 0 Å². The van der Waals surface area contributed by atoms with Crippen LogP contribution in [0.1, 0.15) is 27.2 Å². The maximum atomic E-state index is 11.9. The Bertz CT molecular complexity index is 654. The number of amides is 1. The van der Waals surface area contributed by atoms with Crippen molar-refractivity contribution in [2.75, 3.05) is 0 Å². The van der Waals surface area contributed by atoms with Crippen LogP contribution in [0.25, 0.3) is 11.1 Å². The summed E-state index contributed by atoms with van der Waals surface area (Å²) in [4.78, 5) is 23.7. The molecule has 0 radical (unpaired) electrons. The summed E-state index contributed by atoms with van der Waals surface area (Å²) in [5.41, 5.74) is 1.33. The van der Waals surface area contributed by atoms with Gasteiger partial charge in [-0.1, -0.05) is 32.9 Å². The Labute approximate surface area is 117 Å². The Morgan fingerprint density at radius 1 is 1.35 bits per heavy atom. The molecule has 2 aromatic rings. The molecule has 0 aliphatic carbocycles. The van der Waals surface area contributed by atoms with Gasteiger partial charge in [-0.2, -0.15) is 0 Å². The summed E-state index contributed by atoms with van der Waals surface area (Å²) in [5, 5.41) is 2.96. The zero-order chi connectivity index (χ0) is 14.7. The second-order valence-corrected chi connectivity index (χ2v) is 5.21. The molecule has 0 aliphatic rings. The molecule has 1 heterocycles. The van der Waals surface area contributed by atoms with E-state index >= 15 is 0 Å². The van der Waals surface area contributed by atoms with Gasteiger partial charge in [-0.25, -0.2) is 4.79 Å². The highest BCUT2D eigenvalue weighted by molar-refractivity contribution is 5.78. The first-order valence-electron chi connectivity index (χ1n) is 6.91. The molecule has 0 unspecified atom stereocenters. The number of nitrogens with one attached hydrogen (secondary N) is 1. The standard InChI is InChI=1S/C15H20N2O3/c1-4-11(16-14(18)10(2)3)9-17-12-7-5-6-8-13(12)20-15(17)19/h5-8,10-11H,4,9H2,1-3H3,(H,16,18)/t11-/m1/s1. The molecule has 0 bridgehead atoms. The summed E-state index contributed by atoms with van der Waals surface area (Å²) in [6.45, 7) is 6.10. The maximum Gasteiger partial charge on any atom is 0.420 e. The molecule has 2 rings (SSSR count). The third-order valence-electron chi connectivity index (χ3n) is 3.34. The summed E-state index contributed by atoms with van der Waals surface area (Å²) in [6, 6.07) is 7.22. The Morgan fingerprint density at radius 3 is 2.70 bits per heavy atom. The van der Waals surface area contributed by atoms with E-state index in [2.05, 4.69) is 5.32 Å². The number of para-hydroxylation sites is 2. The molecule has 5 heteroatoms. The number of fused-ring (bicyclic) bond motifs is 1. The Balaban J connectivity index is 2.24. The second kappa shape index (κ2) is 5.94. The van der Waals surface area contributed by atoms with Crippen LogP contribution in [0.3, 0.4) is 0 Å². The molecule has 0 saturated carbocycles. The molecule has 1 aromatic carbocycles. The molecular formula is C15H20N2O3. The van der Waals surface area contributed by atoms with E-state index in [1.54, 1.807) is 10.6 Å². The highest BCUT2D eigenvalue weighted by Crippen LogP contribution is 2.12. The van der Waals surface area contributed by atoms with Crippen LogP contribution in [0.2, 0.25) is 0 Å². The number of carbonyl (C=O) groups excluding carboxylic acids is 1. The molecule has 1 atom stereocenters. The zero-order valence-corrected chi connectivity index (χ0v) is 12.1. The van der Waals surface area contributed by atoms with Crippen LogP contribution < -0.4 is 11.1 Å². The van der Waals surface area contributed by atoms with Gasteiger partial charge >= 0.3 is 5.76 Å². The number of hydrogen-bond donors (Lipinski definition) is 1. The average Bonchev–Trinajstić information content (AvgIpc) is 2.74. The van der Waals surface area contributed by atoms with Gasteiger partial charge in [-0.3, -0.25) is 9.36 Å². The highest BCUT2D eigenvalue weighted by Gasteiger charge is 2.17. The van der Waals surface area contributed by atoms with Crippen LogP contribution in [0.5, 0.6) is 0 Å². The summed E-state index contributed by atoms with van der Waals surface area (Å²) in [7, 11) is 0. The molecule has 1 aromatic heterocycles. The van der Waals surface area contributed by atoms with Gasteiger partial charge in [0.15, 0.2) is 5.58 Å². The van der Waals surface area contributed by atoms with Gasteiger partial charge in [-0.15, -0.1) is 0 Å². The van der Waals surface area contributed by atoms with E-state index in [-0.39, 0.29) is 23.6 Å². The monoisotopic (exact) mass is 276 g/mol. The van der Waals surface area contributed by atoms with Crippen LogP contribution in [-0.2, 0) is 11.3 Å². The smallest absolute Gasteiger partial charge is 0.408 e. The van der Waals surface area contributed by atoms with Gasteiger partial charge in [0.1, 0.15) is 0 Å². The van der Waals surface area contributed by atoms with Crippen molar-refractivity contribution in [1.29, 1.82) is 0 Å². The van der Waals surface area contributed by atoms with Crippen LogP contribution in [0.4, 0.5) is 0 Å². The van der Waals surface area contributed by atoms with Crippen molar-refractivity contribution in [3.05, 3.63) is 34.8 Å². The second-order valence-electron chi connectivity index (χ2n) is 5.21. The number of hydrogen-bond acceptors (Lipinski definition) is 3. The van der Waals surface area contributed by atoms with Crippen LogP contribution in [-0.4, -0.2) is 16.5 Å². The number of carbonyl (C=O) groups is 1. The lowest BCUT2D eigenvalue weighted by Crippen LogP contribution is -2.41. The minimum atomic E-state index is -0.386. The number of aromatic nitrogens is 1. The quantitative estimate of drug-likeness (QED) is 0.910. The molecule has 0 aliphatic heterocycles. The number of benzene rings is 1. The summed E-state index contributed by atoms with van der Waals surface area (Å²) >= 11 is 0. The first kappa shape index (κ1) is 14.4. The van der Waals surface area contributed by atoms with E-state index in [0.29, 0.717) is 12.1 Å². The number of oxazole rings is 1. The van der Waals surface area contributed by atoms with Crippen molar-refractivity contribution in [3.8, 4) is 0 Å². The molecule has 108 valence electrons. The molecular weight excluding hydrogens is 256 g/mol. The van der Waals surface area contributed by atoms with Crippen molar-refractivity contribution >= 4 is 17.0 Å². The molecule has 1 amide bonds. The van der Waals surface area contributed by atoms with Crippen molar-refractivity contribution in [2.45, 2.75) is 39.8 Å². The number of rotatable bonds is 5. The van der Waals surface area contributed by atoms with Gasteiger partial charge in [0.25, 0.3) is 0 Å². The van der Waals surface area contributed by atoms with E-state index in [9.17, 15) is 9.59 Å². The fraction of sp³-hybridized carbons (Fsp3) is 0.467. The van der Waals surface area contributed by atoms with Gasteiger partial charge in [0.05, 0.1) is 5.52 Å². The predicted molar refractivity (Wildman–Crippen MR) is 77.5 cm³/mol. The summed E-state index contributed by atoms with van der Waals surface area (Å²) < 4.78 is 6.77. The summed E-state index contributed by atoms with van der Waals surface area (Å²) in [5.74, 6) is -0.456. The van der Waals surface area contributed by atoms with Gasteiger partial charge < -0.3 is 9.73 Å². The molecule has 1 N–H and O–H groups in total. The van der Waals surface area contributed by atoms with Gasteiger partial charge in [0.2, 0.25) is 5.91 Å². The lowest BCUT2D eigenvalue weighted by atomic mass is 10.1. The van der Waals surface area contributed by atoms with Crippen molar-refractivity contribution in [2.24, 2.45) is 5.92 Å². The van der Waals surface area contributed by atoms with Crippen LogP contribution in [0, 0.1) is 5.92 Å². The SMILES string of the molecule is CC[C@H](Cn1c(=O)oc2ccccc21)NC(=O)C(C)C. The topological polar surface area (TPSA) is 64.2 Å². The fourth-order valence-electron chi connectivity index (χ4n) is 2.05. The maximum absolute atomic E-state index is 11.9. The van der Waals surface area contributed by atoms with Crippen molar-refractivity contribution < 1.29 is 9.21 Å². The van der Waals surface area contributed by atoms with E-state index in [1.807, 2.05) is 39.0 Å². The molecule has 5 nitrogen and oxygen atoms in total. The fourth-order valence-corrected chi connectivity index (χ4v) is 2.05. The Morgan fingerprint density at radius 2 is 2.05 bits per heavy atom. The third kappa shape index (κ3) is 2.92. The first-order valence-corrected chi connectivity index (χ1v) is 6.91. The Kier molecular flexibility index (Phi) is 4.27. The van der Waals surface area contributed by atoms with E-state index in [1.165, 1.54) is 0 Å². The van der Waals surface area contributed by atoms with E-state index in [4.69, 9.17) is 4.42 Å². The first-order chi connectivity index (χ1) is 9.52. The van der Waals surface area contributed by atoms with Crippen molar-refractivity contribution in [3.63, 3.8) is 0 Å². The molecule has 20 heavy (non-hydrogen) atoms. The average molecular weight is 276 g/mol. The summed E-state index contributed by atoms with van der Waals surface area (Å²) in [6.07, 6.45) is 0.754. The zero-order valence-electron chi connectivity index (χ0n) is 12.1. The molecule has 0 saturated heterocycles. The molecule has 0 fully saturated rings. The van der Waals surface area contributed by atoms with Gasteiger partial charge in [-0.05, 0) is 18.6 Å². The predicted octanol–water partition coefficient (Wildman–Crippen LogP) is 2.15.